The molecule has 0 fully saturated rings. The van der Waals surface area contributed by atoms with Crippen molar-refractivity contribution in [2.24, 2.45) is 0 Å². The molecule has 0 aliphatic rings. The van der Waals surface area contributed by atoms with Gasteiger partial charge in [0.2, 0.25) is 0 Å². The Kier molecular flexibility index (Phi) is 2.74. The summed E-state index contributed by atoms with van der Waals surface area (Å²) in [6, 6.07) is 8.31. The normalized spacial score (nSPS) is 11.5. The smallest absolute Gasteiger partial charge is 0.140 e. The van der Waals surface area contributed by atoms with E-state index < -0.39 is 0 Å². The van der Waals surface area contributed by atoms with E-state index in [2.05, 4.69) is 46.9 Å². The van der Waals surface area contributed by atoms with Crippen LogP contribution in [0.5, 0.6) is 0 Å². The highest BCUT2D eigenvalue weighted by Crippen LogP contribution is 2.14. The van der Waals surface area contributed by atoms with E-state index >= 15 is 0 Å². The van der Waals surface area contributed by atoms with Gasteiger partial charge in [0.25, 0.3) is 0 Å². The Morgan fingerprint density at radius 1 is 1.05 bits per heavy atom. The summed E-state index contributed by atoms with van der Waals surface area (Å²) in [6.07, 6.45) is 12.7. The average molecular weight is 275 g/mol. The number of rotatable bonds is 3. The lowest BCUT2D eigenvalue weighted by Crippen LogP contribution is -1.95. The molecule has 0 aliphatic heterocycles. The fourth-order valence-corrected chi connectivity index (χ4v) is 2.73. The second-order valence-electron chi connectivity index (χ2n) is 5.29. The summed E-state index contributed by atoms with van der Waals surface area (Å²) in [7, 11) is 0. The highest BCUT2D eigenvalue weighted by molar-refractivity contribution is 5.49. The van der Waals surface area contributed by atoms with E-state index in [0.29, 0.717) is 0 Å². The maximum Gasteiger partial charge on any atom is 0.140 e. The third-order valence-corrected chi connectivity index (χ3v) is 3.82. The molecule has 4 nitrogen and oxygen atoms in total. The summed E-state index contributed by atoms with van der Waals surface area (Å²) in [5, 5.41) is 0. The Morgan fingerprint density at radius 2 is 1.90 bits per heavy atom. The molecule has 4 heterocycles. The summed E-state index contributed by atoms with van der Waals surface area (Å²) in [6.45, 7) is 2.09. The van der Waals surface area contributed by atoms with Gasteiger partial charge in [-0.2, -0.15) is 0 Å². The zero-order chi connectivity index (χ0) is 14.2. The Hall–Kier alpha value is -2.62. The SMILES string of the molecule is Cc1cccn2cc(CCc3cccn4c[c]nc34)nc12. The number of nitrogens with zero attached hydrogens (tertiary/aromatic N) is 4. The zero-order valence-corrected chi connectivity index (χ0v) is 11.8. The van der Waals surface area contributed by atoms with Crippen LogP contribution < -0.4 is 0 Å². The van der Waals surface area contributed by atoms with Gasteiger partial charge in [0.05, 0.1) is 5.69 Å². The van der Waals surface area contributed by atoms with Crippen LogP contribution in [-0.4, -0.2) is 18.8 Å². The fourth-order valence-electron chi connectivity index (χ4n) is 2.73. The second kappa shape index (κ2) is 4.74. The van der Waals surface area contributed by atoms with E-state index in [4.69, 9.17) is 4.98 Å². The van der Waals surface area contributed by atoms with Gasteiger partial charge in [0, 0.05) is 24.8 Å². The average Bonchev–Trinajstić information content (AvgIpc) is 3.12. The Morgan fingerprint density at radius 3 is 2.81 bits per heavy atom. The molecule has 4 aromatic heterocycles. The molecule has 0 unspecified atom stereocenters. The van der Waals surface area contributed by atoms with Crippen molar-refractivity contribution < 1.29 is 0 Å². The van der Waals surface area contributed by atoms with Crippen LogP contribution >= 0.6 is 0 Å². The third-order valence-electron chi connectivity index (χ3n) is 3.82. The van der Waals surface area contributed by atoms with Crippen LogP contribution in [0.3, 0.4) is 0 Å². The molecule has 4 heteroatoms. The predicted molar refractivity (Wildman–Crippen MR) is 81.4 cm³/mol. The molecule has 0 aromatic carbocycles. The van der Waals surface area contributed by atoms with Crippen molar-refractivity contribution >= 4 is 11.3 Å². The van der Waals surface area contributed by atoms with Crippen molar-refractivity contribution in [3.05, 3.63) is 72.1 Å². The molecule has 0 bridgehead atoms. The maximum atomic E-state index is 4.72. The predicted octanol–water partition coefficient (Wildman–Crippen LogP) is 2.88. The lowest BCUT2D eigenvalue weighted by Gasteiger charge is -2.01. The van der Waals surface area contributed by atoms with Crippen LogP contribution in [0.15, 0.2) is 49.1 Å². The first-order valence-electron chi connectivity index (χ1n) is 7.07. The quantitative estimate of drug-likeness (QED) is 0.576. The van der Waals surface area contributed by atoms with Crippen LogP contribution in [0.4, 0.5) is 0 Å². The summed E-state index contributed by atoms with van der Waals surface area (Å²) in [4.78, 5) is 9.02. The molecule has 0 saturated heterocycles. The van der Waals surface area contributed by atoms with Gasteiger partial charge in [0.1, 0.15) is 17.5 Å². The van der Waals surface area contributed by atoms with Crippen LogP contribution in [0.25, 0.3) is 11.3 Å². The number of aromatic nitrogens is 4. The molecule has 21 heavy (non-hydrogen) atoms. The number of hydrogen-bond acceptors (Lipinski definition) is 2. The van der Waals surface area contributed by atoms with Crippen LogP contribution in [0, 0.1) is 13.1 Å². The van der Waals surface area contributed by atoms with E-state index in [0.717, 1.165) is 29.8 Å². The molecule has 0 spiro atoms. The molecule has 4 aromatic rings. The molecule has 0 aliphatic carbocycles. The first-order chi connectivity index (χ1) is 10.3. The lowest BCUT2D eigenvalue weighted by atomic mass is 10.1. The van der Waals surface area contributed by atoms with Crippen LogP contribution in [0.2, 0.25) is 0 Å². The van der Waals surface area contributed by atoms with Gasteiger partial charge < -0.3 is 8.80 Å². The van der Waals surface area contributed by atoms with Gasteiger partial charge in [-0.25, -0.2) is 9.97 Å². The number of aryl methyl sites for hydroxylation is 3. The summed E-state index contributed by atoms with van der Waals surface area (Å²) < 4.78 is 4.09. The molecular formula is C17H15N4. The highest BCUT2D eigenvalue weighted by Gasteiger charge is 2.06. The second-order valence-corrected chi connectivity index (χ2v) is 5.29. The van der Waals surface area contributed by atoms with E-state index in [-0.39, 0.29) is 0 Å². The standard InChI is InChI=1S/C17H15N4/c1-13-4-2-10-21-12-15(19-16(13)21)7-6-14-5-3-9-20-11-8-18-17(14)20/h2-5,9-12H,6-7H2,1H3. The summed E-state index contributed by atoms with van der Waals surface area (Å²) in [5.41, 5.74) is 5.57. The number of imidazole rings is 2. The van der Waals surface area contributed by atoms with Gasteiger partial charge in [-0.1, -0.05) is 12.1 Å². The largest absolute Gasteiger partial charge is 0.307 e. The number of hydrogen-bond donors (Lipinski definition) is 0. The number of fused-ring (bicyclic) bond motifs is 2. The van der Waals surface area contributed by atoms with Crippen molar-refractivity contribution in [2.75, 3.05) is 0 Å². The highest BCUT2D eigenvalue weighted by atomic mass is 15.0. The molecule has 0 N–H and O–H groups in total. The van der Waals surface area contributed by atoms with Gasteiger partial charge in [0.15, 0.2) is 0 Å². The zero-order valence-electron chi connectivity index (χ0n) is 11.8. The van der Waals surface area contributed by atoms with Crippen molar-refractivity contribution in [3.63, 3.8) is 0 Å². The fraction of sp³-hybridized carbons (Fsp3) is 0.176. The van der Waals surface area contributed by atoms with Crippen molar-refractivity contribution in [1.29, 1.82) is 0 Å². The van der Waals surface area contributed by atoms with Gasteiger partial charge in [-0.15, -0.1) is 0 Å². The van der Waals surface area contributed by atoms with Gasteiger partial charge in [-0.05, 0) is 43.0 Å². The minimum Gasteiger partial charge on any atom is -0.307 e. The van der Waals surface area contributed by atoms with E-state index in [1.54, 1.807) is 0 Å². The van der Waals surface area contributed by atoms with Gasteiger partial charge >= 0.3 is 0 Å². The maximum absolute atomic E-state index is 4.72. The van der Waals surface area contributed by atoms with Crippen molar-refractivity contribution in [3.8, 4) is 0 Å². The molecule has 1 radical (unpaired) electrons. The Bertz CT molecular complexity index is 917. The molecule has 103 valence electrons. The molecule has 0 amide bonds. The summed E-state index contributed by atoms with van der Waals surface area (Å²) >= 11 is 0. The number of pyridine rings is 2. The summed E-state index contributed by atoms with van der Waals surface area (Å²) in [5.74, 6) is 0. The van der Waals surface area contributed by atoms with E-state index in [1.807, 2.05) is 29.1 Å². The monoisotopic (exact) mass is 275 g/mol. The Balaban J connectivity index is 1.63. The van der Waals surface area contributed by atoms with Gasteiger partial charge in [-0.3, -0.25) is 0 Å². The molecular weight excluding hydrogens is 260 g/mol. The van der Waals surface area contributed by atoms with Crippen molar-refractivity contribution in [1.82, 2.24) is 18.8 Å². The molecule has 4 rings (SSSR count). The topological polar surface area (TPSA) is 34.6 Å². The van der Waals surface area contributed by atoms with Crippen LogP contribution in [-0.2, 0) is 12.8 Å². The van der Waals surface area contributed by atoms with Crippen molar-refractivity contribution in [2.45, 2.75) is 19.8 Å². The first kappa shape index (κ1) is 12.1. The lowest BCUT2D eigenvalue weighted by molar-refractivity contribution is 0.922. The third kappa shape index (κ3) is 2.09. The minimum absolute atomic E-state index is 0.910. The van der Waals surface area contributed by atoms with E-state index in [1.165, 1.54) is 11.1 Å². The Labute approximate surface area is 122 Å². The minimum atomic E-state index is 0.910. The molecule has 0 atom stereocenters. The van der Waals surface area contributed by atoms with E-state index in [9.17, 15) is 0 Å². The molecule has 0 saturated carbocycles. The van der Waals surface area contributed by atoms with Crippen LogP contribution in [0.1, 0.15) is 16.8 Å². The first-order valence-corrected chi connectivity index (χ1v) is 7.07.